The lowest BCUT2D eigenvalue weighted by atomic mass is 10.1. The van der Waals surface area contributed by atoms with Crippen LogP contribution in [0.4, 0.5) is 4.79 Å². The highest BCUT2D eigenvalue weighted by Gasteiger charge is 2.28. The highest BCUT2D eigenvalue weighted by molar-refractivity contribution is 9.10. The molecule has 110 valence electrons. The molecule has 0 fully saturated rings. The molecule has 0 bridgehead atoms. The van der Waals surface area contributed by atoms with Gasteiger partial charge in [-0.3, -0.25) is 4.57 Å². The Morgan fingerprint density at radius 3 is 2.71 bits per heavy atom. The molecule has 0 radical (unpaired) electrons. The van der Waals surface area contributed by atoms with Gasteiger partial charge in [0, 0.05) is 28.0 Å². The van der Waals surface area contributed by atoms with Crippen LogP contribution >= 0.6 is 15.9 Å². The molecular weight excluding hydrogens is 336 g/mol. The summed E-state index contributed by atoms with van der Waals surface area (Å²) >= 11 is 3.39. The summed E-state index contributed by atoms with van der Waals surface area (Å²) in [6.07, 6.45) is 1.79. The number of carbonyl (C=O) groups excluding carboxylic acids is 1. The number of hydrogen-bond acceptors (Lipinski definition) is 3. The van der Waals surface area contributed by atoms with E-state index in [-0.39, 0.29) is 6.03 Å². The molecule has 0 atom stereocenters. The summed E-state index contributed by atoms with van der Waals surface area (Å²) in [5, 5.41) is 0. The highest BCUT2D eigenvalue weighted by atomic mass is 79.9. The van der Waals surface area contributed by atoms with Crippen LogP contribution in [0, 0.1) is 0 Å². The summed E-state index contributed by atoms with van der Waals surface area (Å²) in [4.78, 5) is 14.1. The summed E-state index contributed by atoms with van der Waals surface area (Å²) in [7, 11) is 3.23. The number of benzene rings is 1. The Kier molecular flexibility index (Phi) is 3.63. The maximum absolute atomic E-state index is 12.3. The van der Waals surface area contributed by atoms with Gasteiger partial charge in [0.25, 0.3) is 0 Å². The molecule has 5 nitrogen and oxygen atoms in total. The van der Waals surface area contributed by atoms with Crippen molar-refractivity contribution < 1.29 is 14.3 Å². The number of carbonyl (C=O) groups is 1. The fourth-order valence-electron chi connectivity index (χ4n) is 2.50. The van der Waals surface area contributed by atoms with Crippen molar-refractivity contribution in [2.24, 2.45) is 0 Å². The SMILES string of the molecule is COc1ccc(CN2Cc3cc(Br)cn3C2=O)c(OC)c1. The molecule has 0 spiro atoms. The number of hydrogen-bond donors (Lipinski definition) is 0. The third kappa shape index (κ3) is 2.51. The van der Waals surface area contributed by atoms with Crippen molar-refractivity contribution in [1.29, 1.82) is 0 Å². The number of fused-ring (bicyclic) bond motifs is 1. The zero-order chi connectivity index (χ0) is 15.0. The number of amides is 1. The number of rotatable bonds is 4. The smallest absolute Gasteiger partial charge is 0.329 e. The van der Waals surface area contributed by atoms with E-state index in [1.54, 1.807) is 29.9 Å². The van der Waals surface area contributed by atoms with Gasteiger partial charge >= 0.3 is 6.03 Å². The van der Waals surface area contributed by atoms with E-state index < -0.39 is 0 Å². The van der Waals surface area contributed by atoms with Gasteiger partial charge in [0.05, 0.1) is 27.3 Å². The molecule has 2 aromatic rings. The summed E-state index contributed by atoms with van der Waals surface area (Å²) in [5.74, 6) is 1.46. The van der Waals surface area contributed by atoms with E-state index in [0.717, 1.165) is 27.2 Å². The second-order valence-corrected chi connectivity index (χ2v) is 5.75. The molecule has 0 saturated heterocycles. The maximum Gasteiger partial charge on any atom is 0.329 e. The fourth-order valence-corrected chi connectivity index (χ4v) is 2.97. The van der Waals surface area contributed by atoms with E-state index in [0.29, 0.717) is 13.1 Å². The second kappa shape index (κ2) is 5.44. The minimum atomic E-state index is -0.0198. The molecule has 0 unspecified atom stereocenters. The molecule has 1 aromatic carbocycles. The minimum Gasteiger partial charge on any atom is -0.497 e. The number of nitrogens with zero attached hydrogens (tertiary/aromatic N) is 2. The summed E-state index contributed by atoms with van der Waals surface area (Å²) in [5.41, 5.74) is 1.94. The Morgan fingerprint density at radius 1 is 1.24 bits per heavy atom. The van der Waals surface area contributed by atoms with Gasteiger partial charge in [0.15, 0.2) is 0 Å². The first-order valence-corrected chi connectivity index (χ1v) is 7.28. The van der Waals surface area contributed by atoms with Crippen molar-refractivity contribution in [1.82, 2.24) is 9.47 Å². The van der Waals surface area contributed by atoms with E-state index in [1.807, 2.05) is 24.3 Å². The van der Waals surface area contributed by atoms with E-state index in [1.165, 1.54) is 0 Å². The molecule has 3 rings (SSSR count). The third-order valence-electron chi connectivity index (χ3n) is 3.55. The first kappa shape index (κ1) is 14.0. The molecule has 1 aliphatic heterocycles. The first-order chi connectivity index (χ1) is 10.1. The van der Waals surface area contributed by atoms with Gasteiger partial charge in [-0.25, -0.2) is 4.79 Å². The first-order valence-electron chi connectivity index (χ1n) is 6.49. The minimum absolute atomic E-state index is 0.0198. The predicted molar refractivity (Wildman–Crippen MR) is 81.7 cm³/mol. The van der Waals surface area contributed by atoms with Crippen LogP contribution in [0.2, 0.25) is 0 Å². The molecule has 1 aromatic heterocycles. The Morgan fingerprint density at radius 2 is 2.05 bits per heavy atom. The van der Waals surface area contributed by atoms with Crippen molar-refractivity contribution >= 4 is 22.0 Å². The average Bonchev–Trinajstić information content (AvgIpc) is 2.98. The number of halogens is 1. The Bertz CT molecular complexity index is 696. The van der Waals surface area contributed by atoms with E-state index in [9.17, 15) is 4.79 Å². The van der Waals surface area contributed by atoms with Crippen LogP contribution in [0.5, 0.6) is 11.5 Å². The second-order valence-electron chi connectivity index (χ2n) is 4.84. The van der Waals surface area contributed by atoms with Crippen molar-refractivity contribution in [3.63, 3.8) is 0 Å². The van der Waals surface area contributed by atoms with Crippen molar-refractivity contribution in [3.05, 3.63) is 46.2 Å². The lowest BCUT2D eigenvalue weighted by Gasteiger charge is -2.17. The average molecular weight is 351 g/mol. The Labute approximate surface area is 131 Å². The highest BCUT2D eigenvalue weighted by Crippen LogP contribution is 2.29. The van der Waals surface area contributed by atoms with Crippen LogP contribution < -0.4 is 9.47 Å². The fraction of sp³-hybridized carbons (Fsp3) is 0.267. The van der Waals surface area contributed by atoms with Gasteiger partial charge in [-0.15, -0.1) is 0 Å². The number of aromatic nitrogens is 1. The van der Waals surface area contributed by atoms with Crippen LogP contribution in [0.25, 0.3) is 0 Å². The van der Waals surface area contributed by atoms with Crippen molar-refractivity contribution in [2.45, 2.75) is 13.1 Å². The Hall–Kier alpha value is -1.95. The Balaban J connectivity index is 1.82. The van der Waals surface area contributed by atoms with E-state index in [4.69, 9.17) is 9.47 Å². The van der Waals surface area contributed by atoms with Gasteiger partial charge in [-0.2, -0.15) is 0 Å². The van der Waals surface area contributed by atoms with Crippen LogP contribution in [-0.4, -0.2) is 29.7 Å². The van der Waals surface area contributed by atoms with E-state index >= 15 is 0 Å². The zero-order valence-corrected chi connectivity index (χ0v) is 13.4. The quantitative estimate of drug-likeness (QED) is 0.849. The van der Waals surface area contributed by atoms with Crippen molar-refractivity contribution in [3.8, 4) is 11.5 Å². The van der Waals surface area contributed by atoms with Crippen LogP contribution in [-0.2, 0) is 13.1 Å². The van der Waals surface area contributed by atoms with Crippen LogP contribution in [0.15, 0.2) is 34.9 Å². The van der Waals surface area contributed by atoms with Gasteiger partial charge < -0.3 is 14.4 Å². The number of ether oxygens (including phenoxy) is 2. The molecule has 21 heavy (non-hydrogen) atoms. The summed E-state index contributed by atoms with van der Waals surface area (Å²) in [6.45, 7) is 1.10. The van der Waals surface area contributed by atoms with Crippen LogP contribution in [0.3, 0.4) is 0 Å². The molecule has 2 heterocycles. The monoisotopic (exact) mass is 350 g/mol. The largest absolute Gasteiger partial charge is 0.497 e. The lowest BCUT2D eigenvalue weighted by Crippen LogP contribution is -2.25. The molecule has 6 heteroatoms. The molecule has 1 amide bonds. The molecule has 0 N–H and O–H groups in total. The third-order valence-corrected chi connectivity index (χ3v) is 3.98. The van der Waals surface area contributed by atoms with Gasteiger partial charge in [0.1, 0.15) is 11.5 Å². The molecule has 1 aliphatic rings. The van der Waals surface area contributed by atoms with Gasteiger partial charge in [-0.05, 0) is 34.1 Å². The van der Waals surface area contributed by atoms with Gasteiger partial charge in [0.2, 0.25) is 0 Å². The van der Waals surface area contributed by atoms with E-state index in [2.05, 4.69) is 15.9 Å². The molecule has 0 aliphatic carbocycles. The van der Waals surface area contributed by atoms with Crippen molar-refractivity contribution in [2.75, 3.05) is 14.2 Å². The van der Waals surface area contributed by atoms with Crippen LogP contribution in [0.1, 0.15) is 11.3 Å². The predicted octanol–water partition coefficient (Wildman–Crippen LogP) is 3.25. The molecule has 0 saturated carbocycles. The lowest BCUT2D eigenvalue weighted by molar-refractivity contribution is 0.206. The summed E-state index contributed by atoms with van der Waals surface area (Å²) in [6, 6.07) is 7.56. The molecular formula is C15H15BrN2O3. The summed E-state index contributed by atoms with van der Waals surface area (Å²) < 4.78 is 13.2. The topological polar surface area (TPSA) is 43.7 Å². The number of methoxy groups -OCH3 is 2. The normalized spacial score (nSPS) is 13.5. The zero-order valence-electron chi connectivity index (χ0n) is 11.8. The maximum atomic E-state index is 12.3. The van der Waals surface area contributed by atoms with Gasteiger partial charge in [-0.1, -0.05) is 0 Å². The standard InChI is InChI=1S/C15H15BrN2O3/c1-20-13-4-3-10(14(6-13)21-2)7-17-9-12-5-11(16)8-18(12)15(17)19/h3-6,8H,7,9H2,1-2H3.